The highest BCUT2D eigenvalue weighted by Crippen LogP contribution is 2.19. The van der Waals surface area contributed by atoms with Gasteiger partial charge in [0.05, 0.1) is 4.92 Å². The molecule has 0 bridgehead atoms. The molecule has 0 saturated carbocycles. The lowest BCUT2D eigenvalue weighted by atomic mass is 10.1. The number of hydrogen-bond donors (Lipinski definition) is 1. The second-order valence-corrected chi connectivity index (χ2v) is 7.93. The van der Waals surface area contributed by atoms with Gasteiger partial charge in [-0.15, -0.1) is 0 Å². The number of non-ortho nitro benzene ring substituents is 1. The van der Waals surface area contributed by atoms with Gasteiger partial charge in [0.2, 0.25) is 5.91 Å². The van der Waals surface area contributed by atoms with Crippen LogP contribution in [0.4, 0.5) is 11.4 Å². The Morgan fingerprint density at radius 2 is 1.93 bits per heavy atom. The van der Waals surface area contributed by atoms with E-state index in [0.717, 1.165) is 36.4 Å². The first kappa shape index (κ1) is 20.1. The Hall–Kier alpha value is -2.64. The van der Waals surface area contributed by atoms with E-state index < -0.39 is 4.92 Å². The molecule has 6 nitrogen and oxygen atoms in total. The molecule has 0 spiro atoms. The Labute approximate surface area is 168 Å². The molecule has 1 aliphatic rings. The maximum absolute atomic E-state index is 12.2. The summed E-state index contributed by atoms with van der Waals surface area (Å²) in [5.74, 6) is 2.14. The van der Waals surface area contributed by atoms with Crippen molar-refractivity contribution < 1.29 is 9.72 Å². The van der Waals surface area contributed by atoms with Crippen molar-refractivity contribution in [2.24, 2.45) is 0 Å². The Morgan fingerprint density at radius 1 is 1.21 bits per heavy atom. The van der Waals surface area contributed by atoms with Crippen LogP contribution in [-0.2, 0) is 11.3 Å². The first-order valence-corrected chi connectivity index (χ1v) is 10.3. The third-order valence-electron chi connectivity index (χ3n) is 4.59. The normalized spacial score (nSPS) is 14.9. The van der Waals surface area contributed by atoms with Gasteiger partial charge in [0.1, 0.15) is 0 Å². The number of nitrogens with zero attached hydrogens (tertiary/aromatic N) is 2. The van der Waals surface area contributed by atoms with Crippen LogP contribution in [0.3, 0.4) is 0 Å². The van der Waals surface area contributed by atoms with Crippen molar-refractivity contribution >= 4 is 35.1 Å². The number of carbonyl (C=O) groups is 1. The maximum atomic E-state index is 12.2. The average molecular weight is 398 g/mol. The van der Waals surface area contributed by atoms with Gasteiger partial charge in [-0.2, -0.15) is 11.8 Å². The lowest BCUT2D eigenvalue weighted by Gasteiger charge is -2.26. The van der Waals surface area contributed by atoms with E-state index in [1.54, 1.807) is 18.2 Å². The highest BCUT2D eigenvalue weighted by molar-refractivity contribution is 7.99. The Kier molecular flexibility index (Phi) is 6.84. The van der Waals surface area contributed by atoms with Crippen molar-refractivity contribution in [3.63, 3.8) is 0 Å². The van der Waals surface area contributed by atoms with Gasteiger partial charge >= 0.3 is 0 Å². The molecular formula is C21H23N3O3S. The zero-order valence-corrected chi connectivity index (χ0v) is 16.6. The number of hydrogen-bond acceptors (Lipinski definition) is 5. The maximum Gasteiger partial charge on any atom is 0.269 e. The molecule has 7 heteroatoms. The number of aryl methyl sites for hydroxylation is 1. The molecule has 3 rings (SSSR count). The van der Waals surface area contributed by atoms with E-state index >= 15 is 0 Å². The molecule has 0 aromatic heterocycles. The molecule has 0 radical (unpaired) electrons. The molecule has 1 fully saturated rings. The predicted octanol–water partition coefficient (Wildman–Crippen LogP) is 4.10. The summed E-state index contributed by atoms with van der Waals surface area (Å²) in [6, 6.07) is 12.2. The molecule has 28 heavy (non-hydrogen) atoms. The second kappa shape index (κ2) is 9.52. The van der Waals surface area contributed by atoms with Gasteiger partial charge in [-0.05, 0) is 47.9 Å². The molecule has 1 heterocycles. The van der Waals surface area contributed by atoms with Crippen LogP contribution in [0.15, 0.2) is 48.5 Å². The molecule has 1 N–H and O–H groups in total. The lowest BCUT2D eigenvalue weighted by Crippen LogP contribution is -2.31. The largest absolute Gasteiger partial charge is 0.322 e. The van der Waals surface area contributed by atoms with E-state index in [2.05, 4.69) is 22.3 Å². The van der Waals surface area contributed by atoms with Crippen LogP contribution in [0, 0.1) is 17.0 Å². The standard InChI is InChI=1S/C21H23N3O3S/c1-16-14-18(15-23-10-12-28-13-11-23)4-8-20(16)22-21(25)9-5-17-2-6-19(7-3-17)24(26)27/h2-9,14H,10-13,15H2,1H3,(H,22,25)/b9-5+. The van der Waals surface area contributed by atoms with Crippen LogP contribution in [0.2, 0.25) is 0 Å². The number of nitrogens with one attached hydrogen (secondary N) is 1. The SMILES string of the molecule is Cc1cc(CN2CCSCC2)ccc1NC(=O)/C=C/c1ccc([N+](=O)[O-])cc1. The van der Waals surface area contributed by atoms with Crippen LogP contribution in [0.5, 0.6) is 0 Å². The fourth-order valence-corrected chi connectivity index (χ4v) is 4.01. The van der Waals surface area contributed by atoms with E-state index in [1.807, 2.05) is 24.8 Å². The minimum absolute atomic E-state index is 0.0284. The number of amides is 1. The summed E-state index contributed by atoms with van der Waals surface area (Å²) in [4.78, 5) is 24.9. The molecule has 2 aromatic rings. The van der Waals surface area contributed by atoms with Crippen molar-refractivity contribution in [2.75, 3.05) is 29.9 Å². The third kappa shape index (κ3) is 5.68. The Balaban J connectivity index is 1.57. The minimum Gasteiger partial charge on any atom is -0.322 e. The van der Waals surface area contributed by atoms with Gasteiger partial charge in [-0.1, -0.05) is 12.1 Å². The van der Waals surface area contributed by atoms with E-state index in [1.165, 1.54) is 35.3 Å². The summed E-state index contributed by atoms with van der Waals surface area (Å²) in [6.07, 6.45) is 3.07. The van der Waals surface area contributed by atoms with E-state index in [0.29, 0.717) is 0 Å². The molecule has 1 saturated heterocycles. The van der Waals surface area contributed by atoms with Crippen LogP contribution in [0.1, 0.15) is 16.7 Å². The summed E-state index contributed by atoms with van der Waals surface area (Å²) in [7, 11) is 0. The first-order valence-electron chi connectivity index (χ1n) is 9.14. The summed E-state index contributed by atoms with van der Waals surface area (Å²) < 4.78 is 0. The smallest absolute Gasteiger partial charge is 0.269 e. The summed E-state index contributed by atoms with van der Waals surface area (Å²) in [5, 5.41) is 13.6. The Morgan fingerprint density at radius 3 is 2.57 bits per heavy atom. The van der Waals surface area contributed by atoms with Gasteiger partial charge < -0.3 is 5.32 Å². The number of carbonyl (C=O) groups excluding carboxylic acids is 1. The number of nitro benzene ring substituents is 1. The molecule has 146 valence electrons. The van der Waals surface area contributed by atoms with Crippen LogP contribution in [-0.4, -0.2) is 40.3 Å². The van der Waals surface area contributed by atoms with Gasteiger partial charge in [0, 0.05) is 55.0 Å². The molecule has 0 unspecified atom stereocenters. The molecule has 1 aliphatic heterocycles. The zero-order chi connectivity index (χ0) is 19.9. The van der Waals surface area contributed by atoms with Gasteiger partial charge in [0.25, 0.3) is 5.69 Å². The highest BCUT2D eigenvalue weighted by Gasteiger charge is 2.11. The predicted molar refractivity (Wildman–Crippen MR) is 115 cm³/mol. The summed E-state index contributed by atoms with van der Waals surface area (Å²) in [5.41, 5.74) is 3.83. The van der Waals surface area contributed by atoms with Crippen LogP contribution >= 0.6 is 11.8 Å². The van der Waals surface area contributed by atoms with Crippen molar-refractivity contribution in [3.05, 3.63) is 75.3 Å². The first-order chi connectivity index (χ1) is 13.5. The fraction of sp³-hybridized carbons (Fsp3) is 0.286. The molecule has 0 aliphatic carbocycles. The van der Waals surface area contributed by atoms with Crippen molar-refractivity contribution in [1.82, 2.24) is 4.90 Å². The van der Waals surface area contributed by atoms with Gasteiger partial charge in [0.15, 0.2) is 0 Å². The van der Waals surface area contributed by atoms with Crippen LogP contribution in [0.25, 0.3) is 6.08 Å². The van der Waals surface area contributed by atoms with Crippen molar-refractivity contribution in [1.29, 1.82) is 0 Å². The number of thioether (sulfide) groups is 1. The Bertz CT molecular complexity index is 875. The minimum atomic E-state index is -0.448. The van der Waals surface area contributed by atoms with Crippen molar-refractivity contribution in [3.8, 4) is 0 Å². The van der Waals surface area contributed by atoms with E-state index in [9.17, 15) is 14.9 Å². The number of rotatable bonds is 6. The molecule has 0 atom stereocenters. The van der Waals surface area contributed by atoms with Gasteiger partial charge in [-0.25, -0.2) is 0 Å². The third-order valence-corrected chi connectivity index (χ3v) is 5.53. The molecule has 2 aromatic carbocycles. The van der Waals surface area contributed by atoms with Crippen LogP contribution < -0.4 is 5.32 Å². The molecular weight excluding hydrogens is 374 g/mol. The van der Waals surface area contributed by atoms with Crippen molar-refractivity contribution in [2.45, 2.75) is 13.5 Å². The van der Waals surface area contributed by atoms with Gasteiger partial charge in [-0.3, -0.25) is 19.8 Å². The number of anilines is 1. The monoisotopic (exact) mass is 397 g/mol. The fourth-order valence-electron chi connectivity index (χ4n) is 3.04. The average Bonchev–Trinajstić information content (AvgIpc) is 2.69. The number of benzene rings is 2. The number of nitro groups is 1. The van der Waals surface area contributed by atoms with E-state index in [-0.39, 0.29) is 11.6 Å². The second-order valence-electron chi connectivity index (χ2n) is 6.71. The lowest BCUT2D eigenvalue weighted by molar-refractivity contribution is -0.384. The quantitative estimate of drug-likeness (QED) is 0.451. The molecule has 1 amide bonds. The topological polar surface area (TPSA) is 75.5 Å². The summed E-state index contributed by atoms with van der Waals surface area (Å²) in [6.45, 7) is 5.17. The summed E-state index contributed by atoms with van der Waals surface area (Å²) >= 11 is 2.00. The zero-order valence-electron chi connectivity index (χ0n) is 15.8. The highest BCUT2D eigenvalue weighted by atomic mass is 32.2. The van der Waals surface area contributed by atoms with E-state index in [4.69, 9.17) is 0 Å².